The molecule has 0 aromatic carbocycles. The van der Waals surface area contributed by atoms with Crippen LogP contribution in [-0.2, 0) is 14.3 Å². The van der Waals surface area contributed by atoms with Crippen LogP contribution < -0.4 is 11.1 Å². The summed E-state index contributed by atoms with van der Waals surface area (Å²) in [5.41, 5.74) is 10.2. The fraction of sp³-hybridized carbons (Fsp3) is 0.621. The fourth-order valence-corrected chi connectivity index (χ4v) is 7.81. The third kappa shape index (κ3) is 4.24. The molecule has 4 aliphatic carbocycles. The molecule has 2 fully saturated rings. The quantitative estimate of drug-likeness (QED) is 0.484. The van der Waals surface area contributed by atoms with Crippen molar-refractivity contribution in [2.45, 2.75) is 77.9 Å². The second-order valence-electron chi connectivity index (χ2n) is 11.7. The van der Waals surface area contributed by atoms with Crippen LogP contribution in [0.3, 0.4) is 0 Å². The molecule has 3 N–H and O–H groups in total. The molecule has 7 atom stereocenters. The molecule has 1 heterocycles. The summed E-state index contributed by atoms with van der Waals surface area (Å²) in [6.07, 6.45) is 16.2. The molecule has 0 saturated heterocycles. The van der Waals surface area contributed by atoms with Gasteiger partial charge in [-0.1, -0.05) is 37.6 Å². The number of hydrogen-bond donors (Lipinski definition) is 2. The maximum atomic E-state index is 12.3. The minimum atomic E-state index is -0.633. The number of hydrogen-bond acceptors (Lipinski definition) is 5. The summed E-state index contributed by atoms with van der Waals surface area (Å²) in [7, 11) is 0. The lowest BCUT2D eigenvalue weighted by Crippen LogP contribution is -2.50. The summed E-state index contributed by atoms with van der Waals surface area (Å²) in [4.78, 5) is 28.3. The Hall–Kier alpha value is -2.47. The van der Waals surface area contributed by atoms with Crippen LogP contribution in [0, 0.1) is 28.6 Å². The van der Waals surface area contributed by atoms with E-state index in [0.717, 1.165) is 32.1 Å². The highest BCUT2D eigenvalue weighted by Gasteiger charge is 2.57. The van der Waals surface area contributed by atoms with Crippen LogP contribution in [0.1, 0.15) is 71.3 Å². The number of aromatic nitrogens is 1. The van der Waals surface area contributed by atoms with Gasteiger partial charge in [0, 0.05) is 18.8 Å². The van der Waals surface area contributed by atoms with Crippen LogP contribution in [0.2, 0.25) is 0 Å². The van der Waals surface area contributed by atoms with E-state index in [9.17, 15) is 9.59 Å². The van der Waals surface area contributed by atoms with E-state index in [0.29, 0.717) is 17.8 Å². The van der Waals surface area contributed by atoms with Crippen LogP contribution in [0.25, 0.3) is 5.57 Å². The highest BCUT2D eigenvalue weighted by atomic mass is 16.5. The number of nitrogens with one attached hydrogen (secondary N) is 1. The van der Waals surface area contributed by atoms with Gasteiger partial charge >= 0.3 is 5.97 Å². The van der Waals surface area contributed by atoms with E-state index in [1.54, 1.807) is 6.92 Å². The Bertz CT molecular complexity index is 1050. The molecule has 1 aromatic rings. The highest BCUT2D eigenvalue weighted by Crippen LogP contribution is 2.66. The Balaban J connectivity index is 1.26. The molecule has 4 aliphatic rings. The standard InChI is InChI=1S/C29H39N3O3/c1-18(30)27(34)32-17-26(33)35-21-10-12-28(2)20(15-21)6-7-22-24-9-8-23(19-5-4-14-31-16-19)29(24,3)13-11-25(22)28/h4-6,8,14,16,18,21-22,24-25H,7,9-13,15,17,30H2,1-3H3,(H,32,34)/t18-,21-,22-,24-,25-,28-,29+/m0/s1. The first kappa shape index (κ1) is 24.2. The first-order valence-corrected chi connectivity index (χ1v) is 13.3. The molecule has 35 heavy (non-hydrogen) atoms. The number of nitrogens with zero attached hydrogens (tertiary/aromatic N) is 1. The van der Waals surface area contributed by atoms with E-state index < -0.39 is 6.04 Å². The number of pyridine rings is 1. The number of carbonyl (C=O) groups is 2. The van der Waals surface area contributed by atoms with Gasteiger partial charge in [-0.2, -0.15) is 0 Å². The van der Waals surface area contributed by atoms with Crippen LogP contribution in [0.4, 0.5) is 0 Å². The normalized spacial score (nSPS) is 36.6. The Morgan fingerprint density at radius 1 is 1.17 bits per heavy atom. The van der Waals surface area contributed by atoms with E-state index in [4.69, 9.17) is 10.5 Å². The van der Waals surface area contributed by atoms with Gasteiger partial charge in [-0.15, -0.1) is 0 Å². The fourth-order valence-electron chi connectivity index (χ4n) is 7.81. The predicted molar refractivity (Wildman–Crippen MR) is 136 cm³/mol. The molecule has 188 valence electrons. The van der Waals surface area contributed by atoms with Crippen molar-refractivity contribution in [2.24, 2.45) is 34.3 Å². The monoisotopic (exact) mass is 477 g/mol. The maximum Gasteiger partial charge on any atom is 0.325 e. The smallest absolute Gasteiger partial charge is 0.325 e. The van der Waals surface area contributed by atoms with Gasteiger partial charge in [0.1, 0.15) is 12.6 Å². The predicted octanol–water partition coefficient (Wildman–Crippen LogP) is 4.41. The molecular weight excluding hydrogens is 438 g/mol. The molecule has 0 unspecified atom stereocenters. The van der Waals surface area contributed by atoms with Gasteiger partial charge in [-0.25, -0.2) is 0 Å². The first-order chi connectivity index (χ1) is 16.7. The van der Waals surface area contributed by atoms with E-state index >= 15 is 0 Å². The molecule has 1 aromatic heterocycles. The lowest BCUT2D eigenvalue weighted by molar-refractivity contribution is -0.151. The number of allylic oxidation sites excluding steroid dienone is 3. The van der Waals surface area contributed by atoms with E-state index in [2.05, 4.69) is 42.4 Å². The molecule has 5 rings (SSSR count). The van der Waals surface area contributed by atoms with Crippen molar-refractivity contribution in [1.29, 1.82) is 0 Å². The molecule has 1 amide bonds. The Morgan fingerprint density at radius 2 is 1.97 bits per heavy atom. The molecule has 0 aliphatic heterocycles. The Morgan fingerprint density at radius 3 is 2.71 bits per heavy atom. The van der Waals surface area contributed by atoms with Crippen molar-refractivity contribution in [2.75, 3.05) is 6.54 Å². The number of fused-ring (bicyclic) bond motifs is 5. The van der Waals surface area contributed by atoms with Gasteiger partial charge in [-0.05, 0) is 91.2 Å². The molecule has 6 heteroatoms. The van der Waals surface area contributed by atoms with Gasteiger partial charge in [0.25, 0.3) is 0 Å². The zero-order chi connectivity index (χ0) is 24.8. The SMILES string of the molecule is C[C@H](N)C(=O)NCC(=O)O[C@H]1CC[C@@]2(C)C(=CC[C@@H]3[C@@H]2CC[C@]2(C)C(c4cccnc4)=CC[C@@H]32)C1. The largest absolute Gasteiger partial charge is 0.461 e. The summed E-state index contributed by atoms with van der Waals surface area (Å²) >= 11 is 0. The second kappa shape index (κ2) is 9.20. The third-order valence-corrected chi connectivity index (χ3v) is 9.73. The average molecular weight is 478 g/mol. The highest BCUT2D eigenvalue weighted by molar-refractivity contribution is 5.85. The number of carbonyl (C=O) groups excluding carboxylic acids is 2. The number of rotatable bonds is 5. The van der Waals surface area contributed by atoms with Gasteiger partial charge in [0.15, 0.2) is 0 Å². The van der Waals surface area contributed by atoms with Crippen molar-refractivity contribution in [1.82, 2.24) is 10.3 Å². The van der Waals surface area contributed by atoms with Gasteiger partial charge < -0.3 is 15.8 Å². The van der Waals surface area contributed by atoms with Crippen LogP contribution >= 0.6 is 0 Å². The number of nitrogens with two attached hydrogens (primary N) is 1. The number of esters is 1. The van der Waals surface area contributed by atoms with Crippen molar-refractivity contribution in [3.05, 3.63) is 47.8 Å². The number of amides is 1. The van der Waals surface area contributed by atoms with Gasteiger partial charge in [0.05, 0.1) is 6.04 Å². The van der Waals surface area contributed by atoms with Crippen LogP contribution in [0.15, 0.2) is 42.3 Å². The minimum absolute atomic E-state index is 0.107. The second-order valence-corrected chi connectivity index (χ2v) is 11.7. The zero-order valence-corrected chi connectivity index (χ0v) is 21.3. The molecule has 0 radical (unpaired) electrons. The zero-order valence-electron chi connectivity index (χ0n) is 21.3. The van der Waals surface area contributed by atoms with Crippen molar-refractivity contribution in [3.8, 4) is 0 Å². The van der Waals surface area contributed by atoms with E-state index in [1.807, 2.05) is 18.5 Å². The summed E-state index contributed by atoms with van der Waals surface area (Å²) in [6, 6.07) is 3.63. The minimum Gasteiger partial charge on any atom is -0.461 e. The molecule has 0 spiro atoms. The third-order valence-electron chi connectivity index (χ3n) is 9.73. The molecule has 2 saturated carbocycles. The first-order valence-electron chi connectivity index (χ1n) is 13.3. The van der Waals surface area contributed by atoms with E-state index in [1.165, 1.54) is 29.6 Å². The summed E-state index contributed by atoms with van der Waals surface area (Å²) in [5, 5.41) is 2.55. The van der Waals surface area contributed by atoms with Gasteiger partial charge in [0.2, 0.25) is 5.91 Å². The van der Waals surface area contributed by atoms with Crippen molar-refractivity contribution >= 4 is 17.4 Å². The average Bonchev–Trinajstić information content (AvgIpc) is 3.20. The van der Waals surface area contributed by atoms with Crippen LogP contribution in [0.5, 0.6) is 0 Å². The lowest BCUT2D eigenvalue weighted by atomic mass is 9.47. The Labute approximate surface area is 208 Å². The summed E-state index contributed by atoms with van der Waals surface area (Å²) in [6.45, 7) is 6.43. The van der Waals surface area contributed by atoms with Gasteiger partial charge in [-0.3, -0.25) is 14.6 Å². The van der Waals surface area contributed by atoms with E-state index in [-0.39, 0.29) is 35.4 Å². The summed E-state index contributed by atoms with van der Waals surface area (Å²) < 4.78 is 5.75. The molecule has 0 bridgehead atoms. The van der Waals surface area contributed by atoms with Crippen molar-refractivity contribution in [3.63, 3.8) is 0 Å². The number of ether oxygens (including phenoxy) is 1. The summed E-state index contributed by atoms with van der Waals surface area (Å²) in [5.74, 6) is 1.34. The maximum absolute atomic E-state index is 12.3. The molecular formula is C29H39N3O3. The van der Waals surface area contributed by atoms with Crippen molar-refractivity contribution < 1.29 is 14.3 Å². The molecule has 6 nitrogen and oxygen atoms in total. The lowest BCUT2D eigenvalue weighted by Gasteiger charge is -2.57. The Kier molecular flexibility index (Phi) is 6.37. The van der Waals surface area contributed by atoms with Crippen LogP contribution in [-0.4, -0.2) is 35.6 Å². The topological polar surface area (TPSA) is 94.3 Å².